The van der Waals surface area contributed by atoms with Crippen LogP contribution in [0, 0.1) is 0 Å². The molecule has 5 nitrogen and oxygen atoms in total. The van der Waals surface area contributed by atoms with Gasteiger partial charge in [0.2, 0.25) is 0 Å². The fourth-order valence-electron chi connectivity index (χ4n) is 2.60. The van der Waals surface area contributed by atoms with Gasteiger partial charge in [0.25, 0.3) is 10.0 Å². The lowest BCUT2D eigenvalue weighted by atomic mass is 10.1. The van der Waals surface area contributed by atoms with Crippen molar-refractivity contribution in [2.75, 3.05) is 11.3 Å². The van der Waals surface area contributed by atoms with Crippen LogP contribution in [0.4, 0.5) is 5.69 Å². The van der Waals surface area contributed by atoms with Gasteiger partial charge in [0.1, 0.15) is 0 Å². The van der Waals surface area contributed by atoms with E-state index in [0.29, 0.717) is 5.69 Å². The molecule has 0 bridgehead atoms. The van der Waals surface area contributed by atoms with Crippen LogP contribution in [0.25, 0.3) is 11.1 Å². The first-order valence-electron chi connectivity index (χ1n) is 8.45. The van der Waals surface area contributed by atoms with Gasteiger partial charge in [-0.25, -0.2) is 13.2 Å². The Kier molecular flexibility index (Phi) is 5.57. The zero-order valence-electron chi connectivity index (χ0n) is 14.8. The topological polar surface area (TPSA) is 72.5 Å². The molecule has 6 heteroatoms. The molecule has 0 saturated carbocycles. The van der Waals surface area contributed by atoms with Gasteiger partial charge < -0.3 is 4.74 Å². The summed E-state index contributed by atoms with van der Waals surface area (Å²) in [5.41, 5.74) is 2.53. The van der Waals surface area contributed by atoms with Crippen LogP contribution in [0.15, 0.2) is 83.8 Å². The van der Waals surface area contributed by atoms with Crippen LogP contribution in [0.1, 0.15) is 17.3 Å². The minimum Gasteiger partial charge on any atom is -0.462 e. The lowest BCUT2D eigenvalue weighted by molar-refractivity contribution is 0.0526. The summed E-state index contributed by atoms with van der Waals surface area (Å²) in [6, 6.07) is 22.6. The molecule has 3 aromatic carbocycles. The van der Waals surface area contributed by atoms with E-state index in [2.05, 4.69) is 4.72 Å². The maximum atomic E-state index is 12.6. The van der Waals surface area contributed by atoms with E-state index in [4.69, 9.17) is 4.74 Å². The van der Waals surface area contributed by atoms with Gasteiger partial charge in [0, 0.05) is 5.69 Å². The van der Waals surface area contributed by atoms with Gasteiger partial charge >= 0.3 is 5.97 Å². The number of hydrogen-bond acceptors (Lipinski definition) is 4. The number of carbonyl (C=O) groups excluding carboxylic acids is 1. The SMILES string of the molecule is CCOC(=O)c1cccc(NS(=O)(=O)c2ccc(-c3ccccc3)cc2)c1. The Morgan fingerprint density at radius 2 is 1.56 bits per heavy atom. The minimum atomic E-state index is -3.77. The molecular formula is C21H19NO4S. The Labute approximate surface area is 158 Å². The lowest BCUT2D eigenvalue weighted by Gasteiger charge is -2.10. The molecule has 3 rings (SSSR count). The second kappa shape index (κ2) is 8.05. The average molecular weight is 381 g/mol. The highest BCUT2D eigenvalue weighted by Gasteiger charge is 2.15. The number of carbonyl (C=O) groups is 1. The van der Waals surface area contributed by atoms with E-state index in [9.17, 15) is 13.2 Å². The number of nitrogens with one attached hydrogen (secondary N) is 1. The fourth-order valence-corrected chi connectivity index (χ4v) is 3.64. The summed E-state index contributed by atoms with van der Waals surface area (Å²) < 4.78 is 32.7. The molecule has 0 amide bonds. The molecular weight excluding hydrogens is 362 g/mol. The number of benzene rings is 3. The van der Waals surface area contributed by atoms with Crippen LogP contribution in [0.5, 0.6) is 0 Å². The zero-order chi connectivity index (χ0) is 19.3. The fraction of sp³-hybridized carbons (Fsp3) is 0.0952. The van der Waals surface area contributed by atoms with Crippen LogP contribution >= 0.6 is 0 Å². The van der Waals surface area contributed by atoms with Gasteiger partial charge in [-0.2, -0.15) is 0 Å². The predicted octanol–water partition coefficient (Wildman–Crippen LogP) is 4.33. The van der Waals surface area contributed by atoms with Gasteiger partial charge in [0.15, 0.2) is 0 Å². The maximum absolute atomic E-state index is 12.6. The molecule has 0 heterocycles. The minimum absolute atomic E-state index is 0.142. The van der Waals surface area contributed by atoms with E-state index in [1.807, 2.05) is 30.3 Å². The summed E-state index contributed by atoms with van der Waals surface area (Å²) in [5, 5.41) is 0. The van der Waals surface area contributed by atoms with Crippen LogP contribution in [-0.2, 0) is 14.8 Å². The Morgan fingerprint density at radius 1 is 0.889 bits per heavy atom. The monoisotopic (exact) mass is 381 g/mol. The summed E-state index contributed by atoms with van der Waals surface area (Å²) in [7, 11) is -3.77. The van der Waals surface area contributed by atoms with Gasteiger partial charge in [-0.1, -0.05) is 48.5 Å². The zero-order valence-corrected chi connectivity index (χ0v) is 15.6. The average Bonchev–Trinajstić information content (AvgIpc) is 2.69. The maximum Gasteiger partial charge on any atom is 0.338 e. The largest absolute Gasteiger partial charge is 0.462 e. The molecule has 0 unspecified atom stereocenters. The number of anilines is 1. The van der Waals surface area contributed by atoms with Crippen molar-refractivity contribution >= 4 is 21.7 Å². The van der Waals surface area contributed by atoms with Crippen molar-refractivity contribution in [3.05, 3.63) is 84.4 Å². The van der Waals surface area contributed by atoms with E-state index in [-0.39, 0.29) is 17.1 Å². The summed E-state index contributed by atoms with van der Waals surface area (Å²) in [5.74, 6) is -0.495. The quantitative estimate of drug-likeness (QED) is 0.645. The van der Waals surface area contributed by atoms with Crippen LogP contribution in [0.2, 0.25) is 0 Å². The highest BCUT2D eigenvalue weighted by atomic mass is 32.2. The summed E-state index contributed by atoms with van der Waals surface area (Å²) in [4.78, 5) is 11.9. The van der Waals surface area contributed by atoms with Crippen molar-refractivity contribution in [1.82, 2.24) is 0 Å². The standard InChI is InChI=1S/C21H19NO4S/c1-2-26-21(23)18-9-6-10-19(15-18)22-27(24,25)20-13-11-17(12-14-20)16-7-4-3-5-8-16/h3-15,22H,2H2,1H3. The number of rotatable bonds is 6. The Hall–Kier alpha value is -3.12. The van der Waals surface area contributed by atoms with E-state index < -0.39 is 16.0 Å². The van der Waals surface area contributed by atoms with Crippen LogP contribution in [0.3, 0.4) is 0 Å². The Balaban J connectivity index is 1.81. The molecule has 0 saturated heterocycles. The normalized spacial score (nSPS) is 11.0. The third-order valence-electron chi connectivity index (χ3n) is 3.90. The third-order valence-corrected chi connectivity index (χ3v) is 5.29. The molecule has 27 heavy (non-hydrogen) atoms. The number of sulfonamides is 1. The highest BCUT2D eigenvalue weighted by Crippen LogP contribution is 2.23. The molecule has 0 aliphatic carbocycles. The molecule has 0 aliphatic heterocycles. The van der Waals surface area contributed by atoms with Crippen molar-refractivity contribution in [2.45, 2.75) is 11.8 Å². The van der Waals surface area contributed by atoms with Gasteiger partial charge in [-0.15, -0.1) is 0 Å². The lowest BCUT2D eigenvalue weighted by Crippen LogP contribution is -2.13. The molecule has 1 N–H and O–H groups in total. The molecule has 3 aromatic rings. The van der Waals surface area contributed by atoms with E-state index in [0.717, 1.165) is 11.1 Å². The van der Waals surface area contributed by atoms with E-state index in [1.54, 1.807) is 49.4 Å². The molecule has 0 fully saturated rings. The summed E-state index contributed by atoms with van der Waals surface area (Å²) >= 11 is 0. The third kappa shape index (κ3) is 4.54. The van der Waals surface area contributed by atoms with E-state index >= 15 is 0 Å². The summed E-state index contributed by atoms with van der Waals surface area (Å²) in [6.45, 7) is 1.96. The van der Waals surface area contributed by atoms with Gasteiger partial charge in [-0.05, 0) is 48.4 Å². The van der Waals surface area contributed by atoms with Crippen LogP contribution < -0.4 is 4.72 Å². The molecule has 0 atom stereocenters. The molecule has 138 valence electrons. The van der Waals surface area contributed by atoms with Crippen molar-refractivity contribution in [2.24, 2.45) is 0 Å². The first-order valence-corrected chi connectivity index (χ1v) is 9.93. The second-order valence-electron chi connectivity index (χ2n) is 5.80. The number of esters is 1. The smallest absolute Gasteiger partial charge is 0.338 e. The molecule has 0 aliphatic rings. The van der Waals surface area contributed by atoms with Gasteiger partial charge in [0.05, 0.1) is 17.1 Å². The molecule has 0 aromatic heterocycles. The Morgan fingerprint density at radius 3 is 2.22 bits per heavy atom. The van der Waals surface area contributed by atoms with Crippen molar-refractivity contribution in [3.63, 3.8) is 0 Å². The Bertz CT molecular complexity index is 1030. The number of hydrogen-bond donors (Lipinski definition) is 1. The van der Waals surface area contributed by atoms with Crippen molar-refractivity contribution in [3.8, 4) is 11.1 Å². The predicted molar refractivity (Wildman–Crippen MR) is 105 cm³/mol. The molecule has 0 radical (unpaired) electrons. The second-order valence-corrected chi connectivity index (χ2v) is 7.48. The van der Waals surface area contributed by atoms with E-state index in [1.165, 1.54) is 6.07 Å². The first kappa shape index (κ1) is 18.7. The van der Waals surface area contributed by atoms with Gasteiger partial charge in [-0.3, -0.25) is 4.72 Å². The molecule has 0 spiro atoms. The van der Waals surface area contributed by atoms with Crippen molar-refractivity contribution in [1.29, 1.82) is 0 Å². The summed E-state index contributed by atoms with van der Waals surface area (Å²) in [6.07, 6.45) is 0. The van der Waals surface area contributed by atoms with Crippen LogP contribution in [-0.4, -0.2) is 21.0 Å². The first-order chi connectivity index (χ1) is 13.0. The highest BCUT2D eigenvalue weighted by molar-refractivity contribution is 7.92. The number of ether oxygens (including phenoxy) is 1. The van der Waals surface area contributed by atoms with Crippen molar-refractivity contribution < 1.29 is 17.9 Å².